The summed E-state index contributed by atoms with van der Waals surface area (Å²) in [6, 6.07) is 0. The normalized spacial score (nSPS) is 20.2. The van der Waals surface area contributed by atoms with Gasteiger partial charge in [0.2, 0.25) is 0 Å². The van der Waals surface area contributed by atoms with E-state index in [1.165, 1.54) is 12.8 Å². The summed E-state index contributed by atoms with van der Waals surface area (Å²) in [6.07, 6.45) is 9.08. The number of hydrogen-bond donors (Lipinski definition) is 1. The molecule has 1 atom stereocenters. The molecule has 0 aromatic rings. The van der Waals surface area contributed by atoms with Crippen LogP contribution in [0, 0.1) is 0 Å². The number of halogens is 1. The number of allylic oxidation sites excluding steroid dienone is 2. The van der Waals surface area contributed by atoms with Crippen molar-refractivity contribution in [2.45, 2.75) is 32.4 Å². The Morgan fingerprint density at radius 3 is 2.95 bits per heavy atom. The van der Waals surface area contributed by atoms with Crippen molar-refractivity contribution in [3.05, 3.63) is 23.9 Å². The van der Waals surface area contributed by atoms with Gasteiger partial charge >= 0.3 is 0 Å². The molecule has 6 heteroatoms. The lowest BCUT2D eigenvalue weighted by atomic mass is 10.2. The highest BCUT2D eigenvalue weighted by Crippen LogP contribution is 2.16. The molecule has 0 bridgehead atoms. The number of rotatable bonds is 7. The van der Waals surface area contributed by atoms with Crippen molar-refractivity contribution < 1.29 is 0 Å². The second-order valence-corrected chi connectivity index (χ2v) is 5.56. The minimum absolute atomic E-state index is 0.129. The van der Waals surface area contributed by atoms with Crippen LogP contribution in [0.5, 0.6) is 0 Å². The van der Waals surface area contributed by atoms with Gasteiger partial charge in [0.15, 0.2) is 5.96 Å². The van der Waals surface area contributed by atoms with Crippen LogP contribution >= 0.6 is 11.6 Å². The number of nitrogens with zero attached hydrogens (tertiary/aromatic N) is 4. The second-order valence-electron chi connectivity index (χ2n) is 5.13. The lowest BCUT2D eigenvalue weighted by Crippen LogP contribution is -2.51. The van der Waals surface area contributed by atoms with E-state index in [1.807, 2.05) is 24.1 Å². The summed E-state index contributed by atoms with van der Waals surface area (Å²) in [5, 5.41) is 0.577. The van der Waals surface area contributed by atoms with Crippen LogP contribution in [0.25, 0.3) is 0 Å². The Bertz CT molecular complexity index is 453. The lowest BCUT2D eigenvalue weighted by Gasteiger charge is -2.36. The predicted molar refractivity (Wildman–Crippen MR) is 91.8 cm³/mol. The molecule has 0 aromatic heterocycles. The van der Waals surface area contributed by atoms with Crippen molar-refractivity contribution in [1.82, 2.24) is 9.80 Å². The molecule has 0 aliphatic carbocycles. The number of guanidine groups is 1. The monoisotopic (exact) mass is 311 g/mol. The summed E-state index contributed by atoms with van der Waals surface area (Å²) in [7, 11) is 5.75. The highest BCUT2D eigenvalue weighted by Gasteiger charge is 2.22. The molecule has 0 radical (unpaired) electrons. The van der Waals surface area contributed by atoms with Gasteiger partial charge in [-0.3, -0.25) is 9.89 Å². The largest absolute Gasteiger partial charge is 0.369 e. The number of hydrogen-bond acceptors (Lipinski definition) is 5. The first-order chi connectivity index (χ1) is 9.99. The molecule has 0 fully saturated rings. The topological polar surface area (TPSA) is 57.2 Å². The molecular weight excluding hydrogens is 286 g/mol. The van der Waals surface area contributed by atoms with Gasteiger partial charge in [-0.25, -0.2) is 4.99 Å². The highest BCUT2D eigenvalue weighted by atomic mass is 35.5. The van der Waals surface area contributed by atoms with Gasteiger partial charge in [0.1, 0.15) is 11.3 Å². The summed E-state index contributed by atoms with van der Waals surface area (Å²) in [5.41, 5.74) is 6.87. The highest BCUT2D eigenvalue weighted by molar-refractivity contribution is 6.65. The molecule has 5 nitrogen and oxygen atoms in total. The van der Waals surface area contributed by atoms with Crippen LogP contribution < -0.4 is 5.73 Å². The van der Waals surface area contributed by atoms with Crippen molar-refractivity contribution >= 4 is 22.7 Å². The Morgan fingerprint density at radius 1 is 1.62 bits per heavy atom. The molecule has 0 aromatic carbocycles. The van der Waals surface area contributed by atoms with E-state index in [0.29, 0.717) is 17.6 Å². The lowest BCUT2D eigenvalue weighted by molar-refractivity contribution is 0.171. The molecule has 1 rings (SSSR count). The van der Waals surface area contributed by atoms with Gasteiger partial charge in [0.05, 0.1) is 5.70 Å². The van der Waals surface area contributed by atoms with Crippen molar-refractivity contribution in [3.8, 4) is 0 Å². The standard InChI is InChI=1S/C15H26ClN5/c1-5-6-10-20(3)14-11-12(19-15(17)21(14)4)8-7-9-13(16)18-2/h7-8,11,14H,5-6,9-10H2,1-4H3,(H2,17,19). The Morgan fingerprint density at radius 2 is 2.33 bits per heavy atom. The fourth-order valence-electron chi connectivity index (χ4n) is 2.07. The molecule has 21 heavy (non-hydrogen) atoms. The third-order valence-electron chi connectivity index (χ3n) is 3.46. The van der Waals surface area contributed by atoms with Crippen LogP contribution in [0.3, 0.4) is 0 Å². The van der Waals surface area contributed by atoms with E-state index in [9.17, 15) is 0 Å². The van der Waals surface area contributed by atoms with Crippen molar-refractivity contribution in [1.29, 1.82) is 0 Å². The van der Waals surface area contributed by atoms with Crippen LogP contribution in [0.2, 0.25) is 0 Å². The maximum atomic E-state index is 6.01. The van der Waals surface area contributed by atoms with Crippen LogP contribution in [-0.2, 0) is 0 Å². The Hall–Kier alpha value is -1.33. The molecule has 1 aliphatic heterocycles. The van der Waals surface area contributed by atoms with Gasteiger partial charge in [-0.2, -0.15) is 0 Å². The molecule has 0 saturated carbocycles. The van der Waals surface area contributed by atoms with Crippen molar-refractivity contribution in [2.75, 3.05) is 27.7 Å². The smallest absolute Gasteiger partial charge is 0.197 e. The van der Waals surface area contributed by atoms with E-state index in [2.05, 4.69) is 34.9 Å². The first-order valence-electron chi connectivity index (χ1n) is 7.26. The first kappa shape index (κ1) is 17.7. The van der Waals surface area contributed by atoms with Gasteiger partial charge < -0.3 is 10.6 Å². The van der Waals surface area contributed by atoms with E-state index < -0.39 is 0 Å². The van der Waals surface area contributed by atoms with E-state index >= 15 is 0 Å². The molecule has 1 unspecified atom stereocenters. The Labute approximate surface area is 132 Å². The third kappa shape index (κ3) is 5.52. The average Bonchev–Trinajstić information content (AvgIpc) is 2.47. The van der Waals surface area contributed by atoms with Gasteiger partial charge in [0, 0.05) is 27.1 Å². The number of nitrogens with two attached hydrogens (primary N) is 1. The summed E-state index contributed by atoms with van der Waals surface area (Å²) >= 11 is 5.87. The maximum absolute atomic E-state index is 6.01. The van der Waals surface area contributed by atoms with Crippen molar-refractivity contribution in [2.24, 2.45) is 15.7 Å². The summed E-state index contributed by atoms with van der Waals surface area (Å²) < 4.78 is 0. The van der Waals surface area contributed by atoms with Crippen LogP contribution in [0.15, 0.2) is 33.9 Å². The molecule has 0 amide bonds. The Balaban J connectivity index is 2.78. The molecule has 1 heterocycles. The zero-order valence-corrected chi connectivity index (χ0v) is 14.1. The zero-order valence-electron chi connectivity index (χ0n) is 13.4. The van der Waals surface area contributed by atoms with E-state index in [-0.39, 0.29) is 6.17 Å². The third-order valence-corrected chi connectivity index (χ3v) is 3.78. The molecule has 0 saturated heterocycles. The van der Waals surface area contributed by atoms with Gasteiger partial charge in [-0.05, 0) is 25.6 Å². The van der Waals surface area contributed by atoms with Crippen LogP contribution in [-0.4, -0.2) is 54.8 Å². The molecular formula is C15H26ClN5. The van der Waals surface area contributed by atoms with Crippen LogP contribution in [0.1, 0.15) is 26.2 Å². The zero-order chi connectivity index (χ0) is 15.8. The molecule has 0 spiro atoms. The Kier molecular flexibility index (Phi) is 7.47. The van der Waals surface area contributed by atoms with Gasteiger partial charge in [-0.15, -0.1) is 0 Å². The van der Waals surface area contributed by atoms with Crippen LogP contribution in [0.4, 0.5) is 0 Å². The number of aliphatic imine (C=N–C) groups is 2. The molecule has 118 valence electrons. The van der Waals surface area contributed by atoms with Gasteiger partial charge in [0.25, 0.3) is 0 Å². The van der Waals surface area contributed by atoms with E-state index in [1.54, 1.807) is 7.05 Å². The number of unbranched alkanes of at least 4 members (excludes halogenated alkanes) is 1. The van der Waals surface area contributed by atoms with Gasteiger partial charge in [-0.1, -0.05) is 31.0 Å². The minimum atomic E-state index is 0.129. The summed E-state index contributed by atoms with van der Waals surface area (Å²) in [6.45, 7) is 3.22. The summed E-state index contributed by atoms with van der Waals surface area (Å²) in [4.78, 5) is 12.6. The van der Waals surface area contributed by atoms with Crippen molar-refractivity contribution in [3.63, 3.8) is 0 Å². The quantitative estimate of drug-likeness (QED) is 0.735. The second kappa shape index (κ2) is 8.85. The fraction of sp³-hybridized carbons (Fsp3) is 0.600. The summed E-state index contributed by atoms with van der Waals surface area (Å²) in [5.74, 6) is 0.528. The minimum Gasteiger partial charge on any atom is -0.369 e. The molecule has 2 N–H and O–H groups in total. The van der Waals surface area contributed by atoms with E-state index in [0.717, 1.165) is 12.2 Å². The molecule has 1 aliphatic rings. The maximum Gasteiger partial charge on any atom is 0.197 e. The average molecular weight is 312 g/mol. The predicted octanol–water partition coefficient (Wildman–Crippen LogP) is 2.40. The SMILES string of the molecule is CCCCN(C)C1C=C(C=CCC(Cl)=NC)N=C(N)N1C. The fourth-order valence-corrected chi connectivity index (χ4v) is 2.16. The van der Waals surface area contributed by atoms with E-state index in [4.69, 9.17) is 17.3 Å². The first-order valence-corrected chi connectivity index (χ1v) is 7.64. The number of likely N-dealkylation sites (N-methyl/N-ethyl adjacent to an activating group) is 2.